The van der Waals surface area contributed by atoms with Gasteiger partial charge in [0.05, 0.1) is 5.75 Å². The third kappa shape index (κ3) is 29.0. The van der Waals surface area contributed by atoms with E-state index in [4.69, 9.17) is 5.73 Å². The highest BCUT2D eigenvalue weighted by Gasteiger charge is 2.08. The number of rotatable bonds is 19. The van der Waals surface area contributed by atoms with Crippen molar-refractivity contribution < 1.29 is 8.42 Å². The number of nitrogens with one attached hydrogen (secondary N) is 3. The van der Waals surface area contributed by atoms with Crippen molar-refractivity contribution in [1.82, 2.24) is 15.4 Å². The summed E-state index contributed by atoms with van der Waals surface area (Å²) < 4.78 is 26.4. The van der Waals surface area contributed by atoms with E-state index >= 15 is 0 Å². The van der Waals surface area contributed by atoms with E-state index in [1.807, 2.05) is 0 Å². The monoisotopic (exact) mass is 472 g/mol. The fraction of sp³-hybridized carbons (Fsp3) is 1.00. The Hall–Kier alpha value is 0.660. The summed E-state index contributed by atoms with van der Waals surface area (Å²) in [6.45, 7) is 7.24. The minimum atomic E-state index is -3.08. The van der Waals surface area contributed by atoms with E-state index in [1.165, 1.54) is 19.3 Å². The summed E-state index contributed by atoms with van der Waals surface area (Å²) >= 11 is 0. The summed E-state index contributed by atoms with van der Waals surface area (Å²) in [4.78, 5) is 0. The molecule has 0 amide bonds. The molecule has 10 heteroatoms. The Labute approximate surface area is 186 Å². The van der Waals surface area contributed by atoms with Gasteiger partial charge in [0.25, 0.3) is 0 Å². The van der Waals surface area contributed by atoms with Crippen molar-refractivity contribution in [2.45, 2.75) is 64.7 Å². The Morgan fingerprint density at radius 2 is 1.15 bits per heavy atom. The van der Waals surface area contributed by atoms with Crippen LogP contribution in [0.4, 0.5) is 0 Å². The van der Waals surface area contributed by atoms with Crippen LogP contribution in [0.3, 0.4) is 0 Å². The lowest BCUT2D eigenvalue weighted by Gasteiger charge is -2.08. The van der Waals surface area contributed by atoms with Gasteiger partial charge in [-0.2, -0.15) is 0 Å². The van der Waals surface area contributed by atoms with Gasteiger partial charge < -0.3 is 16.4 Å². The molecule has 0 unspecified atom stereocenters. The molecule has 170 valence electrons. The highest BCUT2D eigenvalue weighted by molar-refractivity contribution is 7.89. The Bertz CT molecular complexity index is 364. The fourth-order valence-corrected chi connectivity index (χ4v) is 3.58. The zero-order valence-electron chi connectivity index (χ0n) is 16.8. The Kier molecular flexibility index (Phi) is 34.7. The van der Waals surface area contributed by atoms with Crippen LogP contribution in [0.1, 0.15) is 64.7 Å². The lowest BCUT2D eigenvalue weighted by molar-refractivity contribution is 0.558. The molecule has 0 fully saturated rings. The van der Waals surface area contributed by atoms with Crippen LogP contribution in [0.2, 0.25) is 0 Å². The van der Waals surface area contributed by atoms with Crippen LogP contribution < -0.4 is 21.1 Å². The van der Waals surface area contributed by atoms with Gasteiger partial charge >= 0.3 is 0 Å². The zero-order chi connectivity index (χ0) is 17.9. The van der Waals surface area contributed by atoms with Crippen LogP contribution in [-0.4, -0.2) is 53.4 Å². The SMILES string of the molecule is CCCCCCCCS(=O)(=O)NCCCNCCCNCCCN.Cl.Cl.Cl. The third-order valence-electron chi connectivity index (χ3n) is 3.88. The Morgan fingerprint density at radius 3 is 1.70 bits per heavy atom. The minimum Gasteiger partial charge on any atom is -0.330 e. The smallest absolute Gasteiger partial charge is 0.211 e. The summed E-state index contributed by atoms with van der Waals surface area (Å²) in [7, 11) is -3.08. The van der Waals surface area contributed by atoms with Crippen LogP contribution in [0.25, 0.3) is 0 Å². The van der Waals surface area contributed by atoms with E-state index in [0.717, 1.165) is 71.2 Å². The first-order valence-corrected chi connectivity index (χ1v) is 11.4. The van der Waals surface area contributed by atoms with Crippen LogP contribution in [-0.2, 0) is 10.0 Å². The largest absolute Gasteiger partial charge is 0.330 e. The highest BCUT2D eigenvalue weighted by atomic mass is 35.5. The average Bonchev–Trinajstić information content (AvgIpc) is 2.56. The first-order valence-electron chi connectivity index (χ1n) is 9.71. The summed E-state index contributed by atoms with van der Waals surface area (Å²) in [6, 6.07) is 0. The molecule has 27 heavy (non-hydrogen) atoms. The Morgan fingerprint density at radius 1 is 0.667 bits per heavy atom. The molecule has 5 N–H and O–H groups in total. The maximum absolute atomic E-state index is 11.8. The van der Waals surface area contributed by atoms with Crippen molar-refractivity contribution in [3.05, 3.63) is 0 Å². The van der Waals surface area contributed by atoms with Crippen molar-refractivity contribution in [2.24, 2.45) is 5.73 Å². The fourth-order valence-electron chi connectivity index (χ4n) is 2.40. The second-order valence-electron chi connectivity index (χ2n) is 6.33. The van der Waals surface area contributed by atoms with Gasteiger partial charge in [-0.3, -0.25) is 0 Å². The third-order valence-corrected chi connectivity index (χ3v) is 5.35. The van der Waals surface area contributed by atoms with Gasteiger partial charge in [0.1, 0.15) is 0 Å². The molecule has 0 bridgehead atoms. The molecule has 0 saturated heterocycles. The van der Waals surface area contributed by atoms with E-state index in [9.17, 15) is 8.42 Å². The lowest BCUT2D eigenvalue weighted by atomic mass is 10.1. The topological polar surface area (TPSA) is 96.2 Å². The second kappa shape index (κ2) is 26.7. The quantitative estimate of drug-likeness (QED) is 0.216. The molecular formula is C17H43Cl3N4O2S. The minimum absolute atomic E-state index is 0. The molecule has 0 aliphatic rings. The molecule has 0 aliphatic heterocycles. The van der Waals surface area contributed by atoms with Crippen molar-refractivity contribution >= 4 is 47.2 Å². The summed E-state index contributed by atoms with van der Waals surface area (Å²) in [5.74, 6) is 0.265. The lowest BCUT2D eigenvalue weighted by Crippen LogP contribution is -2.30. The van der Waals surface area contributed by atoms with Gasteiger partial charge in [0, 0.05) is 6.54 Å². The number of hydrogen-bond donors (Lipinski definition) is 4. The van der Waals surface area contributed by atoms with Crippen LogP contribution in [0.15, 0.2) is 0 Å². The number of halogens is 3. The van der Waals surface area contributed by atoms with Gasteiger partial charge in [0.2, 0.25) is 10.0 Å². The summed E-state index contributed by atoms with van der Waals surface area (Å²) in [5.41, 5.74) is 5.42. The second-order valence-corrected chi connectivity index (χ2v) is 8.26. The van der Waals surface area contributed by atoms with Crippen molar-refractivity contribution in [3.8, 4) is 0 Å². The molecule has 0 saturated carbocycles. The predicted molar refractivity (Wildman–Crippen MR) is 126 cm³/mol. The molecule has 0 radical (unpaired) electrons. The molecule has 0 rings (SSSR count). The van der Waals surface area contributed by atoms with Crippen LogP contribution in [0.5, 0.6) is 0 Å². The molecule has 0 spiro atoms. The molecule has 0 atom stereocenters. The summed E-state index contributed by atoms with van der Waals surface area (Å²) in [6.07, 6.45) is 9.56. The van der Waals surface area contributed by atoms with Crippen molar-refractivity contribution in [1.29, 1.82) is 0 Å². The first kappa shape index (κ1) is 35.1. The molecular weight excluding hydrogens is 431 g/mol. The van der Waals surface area contributed by atoms with E-state index in [2.05, 4.69) is 22.3 Å². The van der Waals surface area contributed by atoms with Gasteiger partial charge in [-0.05, 0) is 58.4 Å². The molecule has 0 aromatic rings. The number of hydrogen-bond acceptors (Lipinski definition) is 5. The standard InChI is InChI=1S/C17H40N4O2S.3ClH/c1-2-3-4-5-6-7-17-24(22,23)21-16-10-15-20-14-9-13-19-12-8-11-18;;;/h19-21H,2-18H2,1H3;3*1H. The molecule has 6 nitrogen and oxygen atoms in total. The average molecular weight is 474 g/mol. The van der Waals surface area contributed by atoms with Crippen LogP contribution >= 0.6 is 37.2 Å². The molecule has 0 aromatic carbocycles. The normalized spacial score (nSPS) is 10.6. The van der Waals surface area contributed by atoms with Crippen molar-refractivity contribution in [2.75, 3.05) is 45.0 Å². The van der Waals surface area contributed by atoms with Gasteiger partial charge in [-0.15, -0.1) is 37.2 Å². The van der Waals surface area contributed by atoms with Crippen molar-refractivity contribution in [3.63, 3.8) is 0 Å². The maximum Gasteiger partial charge on any atom is 0.211 e. The number of sulfonamides is 1. The van der Waals surface area contributed by atoms with Crippen LogP contribution in [0, 0.1) is 0 Å². The highest BCUT2D eigenvalue weighted by Crippen LogP contribution is 2.05. The number of unbranched alkanes of at least 4 members (excludes halogenated alkanes) is 5. The zero-order valence-corrected chi connectivity index (χ0v) is 20.1. The molecule has 0 aromatic heterocycles. The van der Waals surface area contributed by atoms with E-state index in [0.29, 0.717) is 6.54 Å². The number of nitrogens with two attached hydrogens (primary N) is 1. The van der Waals surface area contributed by atoms with Gasteiger partial charge in [-0.25, -0.2) is 13.1 Å². The van der Waals surface area contributed by atoms with E-state index < -0.39 is 10.0 Å². The van der Waals surface area contributed by atoms with E-state index in [-0.39, 0.29) is 43.0 Å². The molecule has 0 aliphatic carbocycles. The predicted octanol–water partition coefficient (Wildman–Crippen LogP) is 2.84. The van der Waals surface area contributed by atoms with Gasteiger partial charge in [-0.1, -0.05) is 39.0 Å². The first-order chi connectivity index (χ1) is 11.6. The van der Waals surface area contributed by atoms with Gasteiger partial charge in [0.15, 0.2) is 0 Å². The molecule has 0 heterocycles. The summed E-state index contributed by atoms with van der Waals surface area (Å²) in [5, 5.41) is 6.67. The van der Waals surface area contributed by atoms with E-state index in [1.54, 1.807) is 0 Å². The Balaban J connectivity index is -0.000000882. The maximum atomic E-state index is 11.8.